The molecule has 6 rings (SSSR count). The van der Waals surface area contributed by atoms with Gasteiger partial charge in [0.15, 0.2) is 17.3 Å². The third-order valence-corrected chi connectivity index (χ3v) is 10.8. The zero-order valence-electron chi connectivity index (χ0n) is 32.8. The molecule has 288 valence electrons. The molecule has 55 heavy (non-hydrogen) atoms. The van der Waals surface area contributed by atoms with Gasteiger partial charge in [-0.05, 0) is 91.7 Å². The molecule has 0 saturated carbocycles. The third-order valence-electron chi connectivity index (χ3n) is 10.8. The Morgan fingerprint density at radius 1 is 0.800 bits per heavy atom. The minimum atomic E-state index is -0.779. The van der Waals surface area contributed by atoms with Crippen molar-refractivity contribution in [1.82, 2.24) is 30.8 Å². The highest BCUT2D eigenvalue weighted by atomic mass is 16.7. The maximum Gasteiger partial charge on any atom is 0.457 e. The maximum atomic E-state index is 13.4. The number of carbonyl (C=O) groups excluding carboxylic acids is 1. The van der Waals surface area contributed by atoms with E-state index < -0.39 is 5.54 Å². The van der Waals surface area contributed by atoms with Crippen molar-refractivity contribution >= 4 is 13.0 Å². The lowest BCUT2D eigenvalue weighted by Gasteiger charge is -2.40. The van der Waals surface area contributed by atoms with Gasteiger partial charge in [0.25, 0.3) is 0 Å². The van der Waals surface area contributed by atoms with Crippen LogP contribution in [0.2, 0.25) is 6.32 Å². The number of amides is 1. The molecule has 1 aliphatic heterocycles. The van der Waals surface area contributed by atoms with E-state index >= 15 is 0 Å². The lowest BCUT2D eigenvalue weighted by Crippen LogP contribution is -2.47. The van der Waals surface area contributed by atoms with E-state index in [-0.39, 0.29) is 36.8 Å². The number of hydrogen-bond acceptors (Lipinski definition) is 9. The molecule has 0 spiro atoms. The first-order valence-electron chi connectivity index (χ1n) is 19.1. The molecule has 5 aromatic rings. The Morgan fingerprint density at radius 2 is 1.36 bits per heavy atom. The molecule has 1 amide bonds. The number of benzene rings is 4. The number of ether oxygens (including phenoxy) is 2. The van der Waals surface area contributed by atoms with Gasteiger partial charge < -0.3 is 24.1 Å². The fraction of sp³-hybridized carbons (Fsp3) is 0.395. The zero-order valence-corrected chi connectivity index (χ0v) is 32.8. The first-order chi connectivity index (χ1) is 26.6. The minimum absolute atomic E-state index is 0.0324. The van der Waals surface area contributed by atoms with E-state index in [4.69, 9.17) is 18.8 Å². The summed E-state index contributed by atoms with van der Waals surface area (Å²) in [5.41, 5.74) is 2.69. The number of nitrogens with one attached hydrogen (secondary N) is 2. The lowest BCUT2D eigenvalue weighted by molar-refractivity contribution is -0.121. The van der Waals surface area contributed by atoms with E-state index in [9.17, 15) is 4.79 Å². The molecule has 1 fully saturated rings. The van der Waals surface area contributed by atoms with Crippen molar-refractivity contribution in [2.45, 2.75) is 89.0 Å². The third kappa shape index (κ3) is 9.10. The summed E-state index contributed by atoms with van der Waals surface area (Å²) in [5, 5.41) is 20.2. The number of methoxy groups -OCH3 is 2. The topological polar surface area (TPSA) is 122 Å². The van der Waals surface area contributed by atoms with Gasteiger partial charge in [-0.25, -0.2) is 4.68 Å². The van der Waals surface area contributed by atoms with Gasteiger partial charge >= 0.3 is 7.12 Å². The van der Waals surface area contributed by atoms with Crippen molar-refractivity contribution in [3.8, 4) is 11.5 Å². The Hall–Kier alpha value is -5.04. The largest absolute Gasteiger partial charge is 0.493 e. The highest BCUT2D eigenvalue weighted by Gasteiger charge is 2.50. The summed E-state index contributed by atoms with van der Waals surface area (Å²) in [7, 11) is 2.94. The van der Waals surface area contributed by atoms with Crippen molar-refractivity contribution < 1.29 is 23.6 Å². The fourth-order valence-corrected chi connectivity index (χ4v) is 7.23. The normalized spacial score (nSPS) is 15.4. The number of tetrazole rings is 1. The van der Waals surface area contributed by atoms with Crippen LogP contribution in [0.4, 0.5) is 0 Å². The van der Waals surface area contributed by atoms with Crippen molar-refractivity contribution in [1.29, 1.82) is 0 Å². The average Bonchev–Trinajstić information content (AvgIpc) is 3.74. The van der Waals surface area contributed by atoms with Crippen LogP contribution in [0, 0.1) is 0 Å². The van der Waals surface area contributed by atoms with Crippen LogP contribution in [0.15, 0.2) is 109 Å². The molecule has 1 saturated heterocycles. The highest BCUT2D eigenvalue weighted by molar-refractivity contribution is 6.45. The second kappa shape index (κ2) is 17.6. The molecule has 1 aromatic heterocycles. The number of hydrogen-bond donors (Lipinski definition) is 2. The van der Waals surface area contributed by atoms with E-state index in [0.717, 1.165) is 41.4 Å². The second-order valence-electron chi connectivity index (χ2n) is 15.0. The van der Waals surface area contributed by atoms with Gasteiger partial charge in [-0.2, -0.15) is 0 Å². The summed E-state index contributed by atoms with van der Waals surface area (Å²) in [6.07, 6.45) is 3.77. The predicted octanol–water partition coefficient (Wildman–Crippen LogP) is 6.93. The van der Waals surface area contributed by atoms with Gasteiger partial charge in [-0.15, -0.1) is 5.10 Å². The van der Waals surface area contributed by atoms with Gasteiger partial charge in [0.2, 0.25) is 5.91 Å². The summed E-state index contributed by atoms with van der Waals surface area (Å²) in [5.74, 6) is 1.71. The molecule has 4 aromatic carbocycles. The minimum Gasteiger partial charge on any atom is -0.493 e. The summed E-state index contributed by atoms with van der Waals surface area (Å²) >= 11 is 0. The standard InChI is InChI=1S/C43H53BN6O5/c1-41(2)42(3,4)55-44(54-41)28-17-16-24-36(40-47-48-49-50(40)31-39(51)45-29-27-32-25-26-37(52-5)38(30-32)53-6)46-43(33-18-10-7-11-19-33,34-20-12-8-13-21-34)35-22-14-9-15-23-35/h7-15,18-23,25-26,30,36,46H,16-17,24,27-29,31H2,1-6H3,(H,45,51). The molecule has 1 unspecified atom stereocenters. The Balaban J connectivity index is 1.27. The number of rotatable bonds is 18. The van der Waals surface area contributed by atoms with Crippen molar-refractivity contribution in [3.63, 3.8) is 0 Å². The van der Waals surface area contributed by atoms with Crippen LogP contribution >= 0.6 is 0 Å². The fourth-order valence-electron chi connectivity index (χ4n) is 7.23. The van der Waals surface area contributed by atoms with E-state index in [1.807, 2.05) is 36.4 Å². The Morgan fingerprint density at radius 3 is 1.91 bits per heavy atom. The van der Waals surface area contributed by atoms with Gasteiger partial charge in [0.1, 0.15) is 6.54 Å². The summed E-state index contributed by atoms with van der Waals surface area (Å²) in [6.45, 7) is 8.72. The number of nitrogens with zero attached hydrogens (tertiary/aromatic N) is 4. The SMILES string of the molecule is COc1ccc(CCNC(=O)Cn2nnnc2C(CCCCB2OC(C)(C)C(C)(C)O2)NC(c2ccccc2)(c2ccccc2)c2ccccc2)cc1OC. The first-order valence-corrected chi connectivity index (χ1v) is 19.1. The lowest BCUT2D eigenvalue weighted by atomic mass is 9.76. The molecule has 2 N–H and O–H groups in total. The summed E-state index contributed by atoms with van der Waals surface area (Å²) in [6, 6.07) is 36.8. The number of carbonyl (C=O) groups is 1. The van der Waals surface area contributed by atoms with Crippen LogP contribution in [-0.4, -0.2) is 65.2 Å². The average molecular weight is 745 g/mol. The molecule has 0 bridgehead atoms. The molecule has 2 heterocycles. The van der Waals surface area contributed by atoms with Crippen LogP contribution in [0.25, 0.3) is 0 Å². The van der Waals surface area contributed by atoms with Crippen LogP contribution in [-0.2, 0) is 32.6 Å². The van der Waals surface area contributed by atoms with Crippen LogP contribution in [0.5, 0.6) is 11.5 Å². The quantitative estimate of drug-likeness (QED) is 0.0559. The van der Waals surface area contributed by atoms with Crippen molar-refractivity contribution in [2.24, 2.45) is 0 Å². The van der Waals surface area contributed by atoms with Gasteiger partial charge in [0, 0.05) is 6.54 Å². The van der Waals surface area contributed by atoms with Gasteiger partial charge in [0.05, 0.1) is 37.0 Å². The summed E-state index contributed by atoms with van der Waals surface area (Å²) < 4.78 is 25.1. The van der Waals surface area contributed by atoms with E-state index in [0.29, 0.717) is 36.7 Å². The predicted molar refractivity (Wildman–Crippen MR) is 214 cm³/mol. The number of aromatic nitrogens is 4. The molecule has 1 atom stereocenters. The molecule has 0 radical (unpaired) electrons. The molecular weight excluding hydrogens is 691 g/mol. The summed E-state index contributed by atoms with van der Waals surface area (Å²) in [4.78, 5) is 13.4. The second-order valence-corrected chi connectivity index (χ2v) is 15.0. The van der Waals surface area contributed by atoms with Gasteiger partial charge in [-0.1, -0.05) is 110 Å². The van der Waals surface area contributed by atoms with Gasteiger partial charge in [-0.3, -0.25) is 10.1 Å². The van der Waals surface area contributed by atoms with Crippen molar-refractivity contribution in [2.75, 3.05) is 20.8 Å². The highest BCUT2D eigenvalue weighted by Crippen LogP contribution is 2.41. The van der Waals surface area contributed by atoms with Crippen LogP contribution < -0.4 is 20.1 Å². The molecule has 1 aliphatic rings. The van der Waals surface area contributed by atoms with E-state index in [1.54, 1.807) is 18.9 Å². The monoisotopic (exact) mass is 744 g/mol. The van der Waals surface area contributed by atoms with Crippen molar-refractivity contribution in [3.05, 3.63) is 137 Å². The van der Waals surface area contributed by atoms with E-state index in [1.165, 1.54) is 0 Å². The molecule has 12 heteroatoms. The smallest absolute Gasteiger partial charge is 0.457 e. The molecular formula is C43H53BN6O5. The Kier molecular flexibility index (Phi) is 12.7. The molecule has 0 aliphatic carbocycles. The first kappa shape index (κ1) is 39.7. The number of unbranched alkanes of at least 4 members (excludes halogenated alkanes) is 1. The zero-order chi connectivity index (χ0) is 38.9. The van der Waals surface area contributed by atoms with Crippen LogP contribution in [0.3, 0.4) is 0 Å². The Bertz CT molecular complexity index is 1860. The maximum absolute atomic E-state index is 13.4. The Labute approximate surface area is 325 Å². The molecule has 11 nitrogen and oxygen atoms in total. The van der Waals surface area contributed by atoms with E-state index in [2.05, 4.69) is 127 Å². The van der Waals surface area contributed by atoms with Crippen LogP contribution in [0.1, 0.15) is 81.1 Å².